The van der Waals surface area contributed by atoms with Crippen molar-refractivity contribution in [1.82, 2.24) is 20.1 Å². The monoisotopic (exact) mass is 690 g/mol. The molecule has 2 aromatic carbocycles. The number of allylic oxidation sites excluding steroid dienone is 4. The highest BCUT2D eigenvalue weighted by atomic mass is 19.1. The van der Waals surface area contributed by atoms with E-state index < -0.39 is 17.5 Å². The van der Waals surface area contributed by atoms with Gasteiger partial charge in [0, 0.05) is 30.5 Å². The Hall–Kier alpha value is -5.58. The van der Waals surface area contributed by atoms with Crippen LogP contribution in [0.15, 0.2) is 107 Å². The number of pyridine rings is 1. The molecule has 4 atom stereocenters. The molecule has 2 aliphatic carbocycles. The maximum atomic E-state index is 13.7. The third-order valence-corrected chi connectivity index (χ3v) is 9.96. The summed E-state index contributed by atoms with van der Waals surface area (Å²) >= 11 is 0. The van der Waals surface area contributed by atoms with Crippen molar-refractivity contribution in [2.24, 2.45) is 5.92 Å². The summed E-state index contributed by atoms with van der Waals surface area (Å²) in [6.45, 7) is 0.566. The average molecular weight is 691 g/mol. The average Bonchev–Trinajstić information content (AvgIpc) is 3.13. The molecule has 2 unspecified atom stereocenters. The predicted octanol–water partition coefficient (Wildman–Crippen LogP) is 7.00. The molecule has 1 saturated carbocycles. The van der Waals surface area contributed by atoms with Crippen LogP contribution in [-0.4, -0.2) is 38.3 Å². The summed E-state index contributed by atoms with van der Waals surface area (Å²) in [7, 11) is 0. The molecule has 2 aromatic heterocycles. The summed E-state index contributed by atoms with van der Waals surface area (Å²) in [6, 6.07) is 19.2. The van der Waals surface area contributed by atoms with Crippen molar-refractivity contribution >= 4 is 11.8 Å². The zero-order valence-corrected chi connectivity index (χ0v) is 28.0. The Bertz CT molecular complexity index is 2010. The summed E-state index contributed by atoms with van der Waals surface area (Å²) in [5.41, 5.74) is 4.04. The Labute approximate surface area is 294 Å². The molecule has 4 aromatic rings. The van der Waals surface area contributed by atoms with Crippen molar-refractivity contribution in [2.45, 2.75) is 69.2 Å². The molecule has 3 heterocycles. The summed E-state index contributed by atoms with van der Waals surface area (Å²) < 4.78 is 26.6. The minimum Gasteiger partial charge on any atom is -0.512 e. The van der Waals surface area contributed by atoms with Crippen molar-refractivity contribution < 1.29 is 28.6 Å². The van der Waals surface area contributed by atoms with E-state index in [1.807, 2.05) is 36.4 Å². The first-order valence-electron chi connectivity index (χ1n) is 17.4. The first kappa shape index (κ1) is 33.9. The third kappa shape index (κ3) is 7.93. The second-order valence-electron chi connectivity index (χ2n) is 13.3. The summed E-state index contributed by atoms with van der Waals surface area (Å²) in [6.07, 6.45) is 12.3. The molecule has 7 rings (SSSR count). The summed E-state index contributed by atoms with van der Waals surface area (Å²) in [5.74, 6) is 1.44. The van der Waals surface area contributed by atoms with Gasteiger partial charge in [0.2, 0.25) is 5.91 Å². The van der Waals surface area contributed by atoms with Gasteiger partial charge in [-0.3, -0.25) is 24.7 Å². The standard InChI is InChI=1S/C40H39FN4O6/c41-28-9-4-25(5-10-28)34-16-8-27-21-30(46)12-17-35(27)39(34)26-6-13-31(14-7-26)50-20-2-1-3-29-11-15-32(23-42-29)51-33-22-38(48)45(43-24-33)36-18-19-37(47)44-40(36)49/h4-7,9-15,17,22-24,27,34,36,39,46H,1-3,8,16,18-21H2,(H,44,47,49)/t27?,34-,36?,39+/m1/s1. The Morgan fingerprint density at radius 2 is 1.65 bits per heavy atom. The van der Waals surface area contributed by atoms with Crippen molar-refractivity contribution in [3.63, 3.8) is 0 Å². The molecule has 0 bridgehead atoms. The Morgan fingerprint density at radius 1 is 0.863 bits per heavy atom. The summed E-state index contributed by atoms with van der Waals surface area (Å²) in [5, 5.41) is 16.5. The van der Waals surface area contributed by atoms with Crippen molar-refractivity contribution in [3.8, 4) is 17.2 Å². The van der Waals surface area contributed by atoms with Gasteiger partial charge < -0.3 is 14.6 Å². The Morgan fingerprint density at radius 3 is 2.39 bits per heavy atom. The van der Waals surface area contributed by atoms with Gasteiger partial charge in [0.15, 0.2) is 5.75 Å². The largest absolute Gasteiger partial charge is 0.512 e. The van der Waals surface area contributed by atoms with Crippen LogP contribution in [0, 0.1) is 11.7 Å². The Balaban J connectivity index is 0.895. The molecular weight excluding hydrogens is 651 g/mol. The maximum Gasteiger partial charge on any atom is 0.271 e. The lowest BCUT2D eigenvalue weighted by Gasteiger charge is -2.40. The minimum absolute atomic E-state index is 0.141. The van der Waals surface area contributed by atoms with Gasteiger partial charge in [-0.25, -0.2) is 9.07 Å². The van der Waals surface area contributed by atoms with Crippen LogP contribution < -0.4 is 20.3 Å². The van der Waals surface area contributed by atoms with Crippen molar-refractivity contribution in [1.29, 1.82) is 0 Å². The molecule has 10 nitrogen and oxygen atoms in total. The summed E-state index contributed by atoms with van der Waals surface area (Å²) in [4.78, 5) is 40.6. The number of piperidine rings is 1. The fourth-order valence-electron chi connectivity index (χ4n) is 7.40. The van der Waals surface area contributed by atoms with Gasteiger partial charge in [0.1, 0.15) is 23.4 Å². The van der Waals surface area contributed by atoms with E-state index in [9.17, 15) is 23.9 Å². The molecule has 1 aliphatic heterocycles. The molecule has 0 radical (unpaired) electrons. The number of carbonyl (C=O) groups is 2. The highest BCUT2D eigenvalue weighted by molar-refractivity contribution is 5.99. The zero-order chi connectivity index (χ0) is 35.3. The van der Waals surface area contributed by atoms with E-state index in [4.69, 9.17) is 9.47 Å². The number of nitrogens with one attached hydrogen (secondary N) is 1. The smallest absolute Gasteiger partial charge is 0.271 e. The van der Waals surface area contributed by atoms with E-state index in [1.54, 1.807) is 12.3 Å². The molecule has 51 heavy (non-hydrogen) atoms. The lowest BCUT2D eigenvalue weighted by Crippen LogP contribution is -2.45. The highest BCUT2D eigenvalue weighted by Crippen LogP contribution is 2.52. The van der Waals surface area contributed by atoms with Crippen LogP contribution in [-0.2, 0) is 16.0 Å². The number of carbonyl (C=O) groups excluding carboxylic acids is 2. The normalized spacial score (nSPS) is 21.6. The highest BCUT2D eigenvalue weighted by Gasteiger charge is 2.38. The van der Waals surface area contributed by atoms with Gasteiger partial charge in [0.25, 0.3) is 11.5 Å². The molecule has 2 amide bonds. The number of imide groups is 1. The minimum atomic E-state index is -0.830. The predicted molar refractivity (Wildman–Crippen MR) is 187 cm³/mol. The molecule has 1 saturated heterocycles. The van der Waals surface area contributed by atoms with Gasteiger partial charge in [-0.05, 0) is 104 Å². The first-order chi connectivity index (χ1) is 24.8. The fraction of sp³-hybridized carbons (Fsp3) is 0.325. The molecule has 3 aliphatic rings. The lowest BCUT2D eigenvalue weighted by atomic mass is 9.64. The number of aromatic nitrogens is 3. The van der Waals surface area contributed by atoms with Crippen LogP contribution in [0.2, 0.25) is 0 Å². The van der Waals surface area contributed by atoms with Crippen LogP contribution in [0.1, 0.15) is 79.6 Å². The molecule has 0 spiro atoms. The van der Waals surface area contributed by atoms with Crippen LogP contribution in [0.4, 0.5) is 4.39 Å². The van der Waals surface area contributed by atoms with Crippen LogP contribution in [0.25, 0.3) is 0 Å². The number of aliphatic hydroxyl groups excluding tert-OH is 1. The lowest BCUT2D eigenvalue weighted by molar-refractivity contribution is -0.136. The van der Waals surface area contributed by atoms with Crippen LogP contribution in [0.3, 0.4) is 0 Å². The number of unbranched alkanes of at least 4 members (excludes halogenated alkanes) is 1. The fourth-order valence-corrected chi connectivity index (χ4v) is 7.40. The van der Waals surface area contributed by atoms with Crippen LogP contribution >= 0.6 is 0 Å². The number of amides is 2. The number of hydrogen-bond acceptors (Lipinski definition) is 8. The second kappa shape index (κ2) is 15.1. The zero-order valence-electron chi connectivity index (χ0n) is 28.0. The van der Waals surface area contributed by atoms with Crippen LogP contribution in [0.5, 0.6) is 17.2 Å². The molecule has 2 N–H and O–H groups in total. The third-order valence-electron chi connectivity index (χ3n) is 9.96. The van der Waals surface area contributed by atoms with Crippen molar-refractivity contribution in [3.05, 3.63) is 136 Å². The SMILES string of the molecule is O=C1CCC(n2ncc(Oc3ccc(CCCCOc4ccc([C@@H]5C6=CC=C(O)CC6CC[C@@H]5c5ccc(F)cc5)cc4)nc3)cc2=O)C(=O)N1. The number of nitrogens with zero attached hydrogens (tertiary/aromatic N) is 3. The van der Waals surface area contributed by atoms with E-state index in [1.165, 1.54) is 35.5 Å². The number of hydrogen-bond donors (Lipinski definition) is 2. The quantitative estimate of drug-likeness (QED) is 0.127. The number of aryl methyl sites for hydroxylation is 1. The van der Waals surface area contributed by atoms with E-state index in [0.717, 1.165) is 53.8 Å². The number of benzene rings is 2. The van der Waals surface area contributed by atoms with Crippen molar-refractivity contribution in [2.75, 3.05) is 6.61 Å². The number of halogens is 1. The number of aliphatic hydroxyl groups is 1. The van der Waals surface area contributed by atoms with Gasteiger partial charge in [0.05, 0.1) is 24.8 Å². The second-order valence-corrected chi connectivity index (χ2v) is 13.3. The van der Waals surface area contributed by atoms with E-state index in [0.29, 0.717) is 30.5 Å². The molecule has 262 valence electrons. The van der Waals surface area contributed by atoms with E-state index in [2.05, 4.69) is 33.6 Å². The Kier molecular flexibility index (Phi) is 10.0. The van der Waals surface area contributed by atoms with Gasteiger partial charge in [-0.1, -0.05) is 35.9 Å². The van der Waals surface area contributed by atoms with Gasteiger partial charge in [-0.15, -0.1) is 0 Å². The number of fused-ring (bicyclic) bond motifs is 1. The molecule has 11 heteroatoms. The van der Waals surface area contributed by atoms with E-state index in [-0.39, 0.29) is 42.2 Å². The van der Waals surface area contributed by atoms with Gasteiger partial charge in [-0.2, -0.15) is 5.10 Å². The topological polar surface area (TPSA) is 133 Å². The number of rotatable bonds is 11. The van der Waals surface area contributed by atoms with E-state index >= 15 is 0 Å². The maximum absolute atomic E-state index is 13.7. The molecular formula is C40H39FN4O6. The number of ether oxygens (including phenoxy) is 2. The van der Waals surface area contributed by atoms with Gasteiger partial charge >= 0.3 is 0 Å². The molecule has 2 fully saturated rings. The first-order valence-corrected chi connectivity index (χ1v) is 17.4.